The van der Waals surface area contributed by atoms with Gasteiger partial charge in [0, 0.05) is 5.69 Å². The van der Waals surface area contributed by atoms with E-state index in [1.54, 1.807) is 6.07 Å². The lowest BCUT2D eigenvalue weighted by atomic mass is 10.1. The summed E-state index contributed by atoms with van der Waals surface area (Å²) >= 11 is 6.17. The maximum atomic E-state index is 12.5. The SMILES string of the molecule is Cc1cccc(C)c1NC(=O)C[N+](C)(C)CC(=O)Nc1c(C)cccc1Cl.[Br-]. The minimum Gasteiger partial charge on any atom is -1.00 e. The molecule has 0 saturated heterocycles. The highest BCUT2D eigenvalue weighted by atomic mass is 79.9. The molecular formula is C21H27BrClN3O2. The van der Waals surface area contributed by atoms with E-state index < -0.39 is 0 Å². The number of carbonyl (C=O) groups excluding carboxylic acids is 2. The molecule has 0 aliphatic rings. The van der Waals surface area contributed by atoms with Gasteiger partial charge in [-0.15, -0.1) is 0 Å². The molecule has 2 amide bonds. The number of hydrogen-bond donors (Lipinski definition) is 2. The smallest absolute Gasteiger partial charge is 0.279 e. The van der Waals surface area contributed by atoms with Gasteiger partial charge in [0.2, 0.25) is 0 Å². The van der Waals surface area contributed by atoms with Crippen molar-refractivity contribution < 1.29 is 31.1 Å². The van der Waals surface area contributed by atoms with Crippen LogP contribution in [0.25, 0.3) is 0 Å². The second-order valence-corrected chi connectivity index (χ2v) is 7.95. The predicted molar refractivity (Wildman–Crippen MR) is 111 cm³/mol. The van der Waals surface area contributed by atoms with E-state index in [0.29, 0.717) is 10.7 Å². The van der Waals surface area contributed by atoms with Gasteiger partial charge in [-0.25, -0.2) is 0 Å². The van der Waals surface area contributed by atoms with Crippen molar-refractivity contribution in [3.63, 3.8) is 0 Å². The van der Waals surface area contributed by atoms with E-state index in [1.807, 2.05) is 65.2 Å². The Morgan fingerprint density at radius 2 is 1.21 bits per heavy atom. The second kappa shape index (κ2) is 10.0. The lowest BCUT2D eigenvalue weighted by Crippen LogP contribution is -3.00. The van der Waals surface area contributed by atoms with Gasteiger partial charge >= 0.3 is 0 Å². The van der Waals surface area contributed by atoms with Crippen molar-refractivity contribution >= 4 is 34.8 Å². The molecule has 0 aliphatic heterocycles. The summed E-state index contributed by atoms with van der Waals surface area (Å²) in [5.41, 5.74) is 4.37. The van der Waals surface area contributed by atoms with E-state index in [0.717, 1.165) is 22.4 Å². The fraction of sp³-hybridized carbons (Fsp3) is 0.333. The maximum Gasteiger partial charge on any atom is 0.279 e. The zero-order valence-corrected chi connectivity index (χ0v) is 19.2. The van der Waals surface area contributed by atoms with E-state index in [-0.39, 0.29) is 46.4 Å². The van der Waals surface area contributed by atoms with E-state index in [9.17, 15) is 9.59 Å². The molecule has 2 rings (SSSR count). The van der Waals surface area contributed by atoms with E-state index in [4.69, 9.17) is 11.6 Å². The van der Waals surface area contributed by atoms with Crippen LogP contribution < -0.4 is 27.6 Å². The number of anilines is 2. The minimum absolute atomic E-state index is 0. The fourth-order valence-electron chi connectivity index (χ4n) is 2.99. The standard InChI is InChI=1S/C21H26ClN3O2.BrH/c1-14-8-6-9-15(2)20(14)23-18(26)12-25(4,5)13-19(27)24-21-16(3)10-7-11-17(21)22;/h6-11H,12-13H2,1-5H3,(H-,23,24,26,27);1H. The van der Waals surface area contributed by atoms with Gasteiger partial charge in [-0.2, -0.15) is 0 Å². The van der Waals surface area contributed by atoms with Crippen LogP contribution in [0.5, 0.6) is 0 Å². The van der Waals surface area contributed by atoms with Crippen LogP contribution in [0, 0.1) is 20.8 Å². The predicted octanol–water partition coefficient (Wildman–Crippen LogP) is 0.923. The first-order valence-electron chi connectivity index (χ1n) is 8.82. The zero-order chi connectivity index (χ0) is 20.2. The van der Waals surface area contributed by atoms with Crippen LogP contribution in [0.1, 0.15) is 16.7 Å². The number of nitrogens with one attached hydrogen (secondary N) is 2. The molecule has 2 N–H and O–H groups in total. The lowest BCUT2D eigenvalue weighted by molar-refractivity contribution is -0.874. The molecule has 152 valence electrons. The molecule has 0 spiro atoms. The Bertz CT molecular complexity index is 759. The molecule has 0 unspecified atom stereocenters. The van der Waals surface area contributed by atoms with Crippen LogP contribution in [0.2, 0.25) is 5.02 Å². The van der Waals surface area contributed by atoms with E-state index >= 15 is 0 Å². The van der Waals surface area contributed by atoms with Crippen molar-refractivity contribution in [2.24, 2.45) is 0 Å². The van der Waals surface area contributed by atoms with E-state index in [2.05, 4.69) is 10.6 Å². The number of aryl methyl sites for hydroxylation is 3. The Balaban J connectivity index is 0.00000392. The largest absolute Gasteiger partial charge is 1.00 e. The lowest BCUT2D eigenvalue weighted by Gasteiger charge is -2.28. The quantitative estimate of drug-likeness (QED) is 0.620. The van der Waals surface area contributed by atoms with Crippen molar-refractivity contribution in [2.45, 2.75) is 20.8 Å². The van der Waals surface area contributed by atoms with Gasteiger partial charge in [0.1, 0.15) is 0 Å². The highest BCUT2D eigenvalue weighted by Crippen LogP contribution is 2.25. The van der Waals surface area contributed by atoms with E-state index in [1.165, 1.54) is 0 Å². The van der Waals surface area contributed by atoms with Gasteiger partial charge in [0.25, 0.3) is 11.8 Å². The molecule has 2 aromatic carbocycles. The van der Waals surface area contributed by atoms with Crippen molar-refractivity contribution in [3.8, 4) is 0 Å². The minimum atomic E-state index is -0.184. The summed E-state index contributed by atoms with van der Waals surface area (Å²) in [6.45, 7) is 6.15. The number of benzene rings is 2. The number of quaternary nitrogens is 1. The zero-order valence-electron chi connectivity index (χ0n) is 16.9. The number of rotatable bonds is 6. The van der Waals surface area contributed by atoms with Crippen molar-refractivity contribution in [2.75, 3.05) is 37.8 Å². The summed E-state index contributed by atoms with van der Waals surface area (Å²) in [4.78, 5) is 25.0. The number of halogens is 2. The summed E-state index contributed by atoms with van der Waals surface area (Å²) < 4.78 is 0.228. The molecule has 0 heterocycles. The number of amides is 2. The molecule has 28 heavy (non-hydrogen) atoms. The van der Waals surface area contributed by atoms with Crippen LogP contribution >= 0.6 is 11.6 Å². The average molecular weight is 469 g/mol. The van der Waals surface area contributed by atoms with Crippen LogP contribution in [0.15, 0.2) is 36.4 Å². The molecule has 0 fully saturated rings. The Labute approximate surface area is 182 Å². The van der Waals surface area contributed by atoms with Gasteiger partial charge in [-0.3, -0.25) is 9.59 Å². The number of nitrogens with zero attached hydrogens (tertiary/aromatic N) is 1. The molecule has 0 atom stereocenters. The number of hydrogen-bond acceptors (Lipinski definition) is 2. The molecule has 0 saturated carbocycles. The maximum absolute atomic E-state index is 12.5. The van der Waals surface area contributed by atoms with Gasteiger partial charge < -0.3 is 32.1 Å². The summed E-state index contributed by atoms with van der Waals surface area (Å²) in [7, 11) is 3.70. The van der Waals surface area contributed by atoms with Crippen LogP contribution in [-0.2, 0) is 9.59 Å². The second-order valence-electron chi connectivity index (χ2n) is 7.55. The first-order chi connectivity index (χ1) is 12.6. The molecule has 0 aromatic heterocycles. The Morgan fingerprint density at radius 1 is 0.821 bits per heavy atom. The third-order valence-electron chi connectivity index (χ3n) is 4.38. The van der Waals surface area contributed by atoms with Crippen molar-refractivity contribution in [3.05, 3.63) is 58.1 Å². The fourth-order valence-corrected chi connectivity index (χ4v) is 3.26. The van der Waals surface area contributed by atoms with Gasteiger partial charge in [-0.05, 0) is 43.5 Å². The summed E-state index contributed by atoms with van der Waals surface area (Å²) in [5, 5.41) is 6.33. The highest BCUT2D eigenvalue weighted by molar-refractivity contribution is 6.33. The molecule has 5 nitrogen and oxygen atoms in total. The number of likely N-dealkylation sites (N-methyl/N-ethyl adjacent to an activating group) is 1. The number of para-hydroxylation sites is 2. The molecular weight excluding hydrogens is 442 g/mol. The van der Waals surface area contributed by atoms with Gasteiger partial charge in [0.05, 0.1) is 24.8 Å². The van der Waals surface area contributed by atoms with Crippen LogP contribution in [0.4, 0.5) is 11.4 Å². The first kappa shape index (κ1) is 24.1. The molecule has 7 heteroatoms. The Morgan fingerprint density at radius 3 is 1.68 bits per heavy atom. The molecule has 0 radical (unpaired) electrons. The topological polar surface area (TPSA) is 58.2 Å². The summed E-state index contributed by atoms with van der Waals surface area (Å²) in [6, 6.07) is 11.3. The highest BCUT2D eigenvalue weighted by Gasteiger charge is 2.25. The third-order valence-corrected chi connectivity index (χ3v) is 4.69. The third kappa shape index (κ3) is 6.62. The van der Waals surface area contributed by atoms with Crippen LogP contribution in [-0.4, -0.2) is 43.5 Å². The first-order valence-corrected chi connectivity index (χ1v) is 9.20. The normalized spacial score (nSPS) is 10.8. The van der Waals surface area contributed by atoms with Gasteiger partial charge in [-0.1, -0.05) is 41.9 Å². The number of carbonyl (C=O) groups is 2. The monoisotopic (exact) mass is 467 g/mol. The Hall–Kier alpha value is -1.89. The van der Waals surface area contributed by atoms with Crippen LogP contribution in [0.3, 0.4) is 0 Å². The Kier molecular flexibility index (Phi) is 8.67. The van der Waals surface area contributed by atoms with Gasteiger partial charge in [0.15, 0.2) is 13.1 Å². The molecule has 0 aliphatic carbocycles. The summed E-state index contributed by atoms with van der Waals surface area (Å²) in [5.74, 6) is -0.310. The summed E-state index contributed by atoms with van der Waals surface area (Å²) in [6.07, 6.45) is 0. The molecule has 2 aromatic rings. The average Bonchev–Trinajstić information content (AvgIpc) is 2.53. The molecule has 0 bridgehead atoms. The van der Waals surface area contributed by atoms with Crippen molar-refractivity contribution in [1.82, 2.24) is 0 Å². The van der Waals surface area contributed by atoms with Crippen molar-refractivity contribution in [1.29, 1.82) is 0 Å².